The van der Waals surface area contributed by atoms with Crippen LogP contribution in [0.25, 0.3) is 0 Å². The van der Waals surface area contributed by atoms with E-state index < -0.39 is 0 Å². The van der Waals surface area contributed by atoms with Crippen molar-refractivity contribution in [2.24, 2.45) is 4.99 Å². The molecule has 23 heavy (non-hydrogen) atoms. The van der Waals surface area contributed by atoms with E-state index in [1.54, 1.807) is 0 Å². The maximum absolute atomic E-state index is 5.92. The fourth-order valence-corrected chi connectivity index (χ4v) is 2.18. The standard InChI is InChI=1S/C17H28ClN3O.HI/c1-4-19-17(20-12-6-7-13-22-5-2)21(3)14-15-8-10-16(18)11-9-15;/h8-11H,4-7,12-14H2,1-3H3,(H,19,20);1H. The third kappa shape index (κ3) is 10.0. The molecule has 0 radical (unpaired) electrons. The lowest BCUT2D eigenvalue weighted by atomic mass is 10.2. The Labute approximate surface area is 162 Å². The monoisotopic (exact) mass is 453 g/mol. The van der Waals surface area contributed by atoms with Gasteiger partial charge >= 0.3 is 0 Å². The van der Waals surface area contributed by atoms with E-state index in [2.05, 4.69) is 29.2 Å². The van der Waals surface area contributed by atoms with Crippen molar-refractivity contribution in [1.29, 1.82) is 0 Å². The smallest absolute Gasteiger partial charge is 0.193 e. The second-order valence-corrected chi connectivity index (χ2v) is 5.56. The van der Waals surface area contributed by atoms with Gasteiger partial charge in [-0.25, -0.2) is 0 Å². The Bertz CT molecular complexity index is 440. The molecule has 132 valence electrons. The fraction of sp³-hybridized carbons (Fsp3) is 0.588. The summed E-state index contributed by atoms with van der Waals surface area (Å²) in [5.41, 5.74) is 1.22. The topological polar surface area (TPSA) is 36.9 Å². The Morgan fingerprint density at radius 2 is 1.91 bits per heavy atom. The van der Waals surface area contributed by atoms with Crippen LogP contribution in [-0.2, 0) is 11.3 Å². The first-order valence-corrected chi connectivity index (χ1v) is 8.36. The third-order valence-electron chi connectivity index (χ3n) is 3.19. The van der Waals surface area contributed by atoms with Crippen molar-refractivity contribution in [3.63, 3.8) is 0 Å². The number of ether oxygens (including phenoxy) is 1. The number of hydrogen-bond acceptors (Lipinski definition) is 2. The maximum atomic E-state index is 5.92. The molecule has 0 bridgehead atoms. The number of nitrogens with one attached hydrogen (secondary N) is 1. The minimum Gasteiger partial charge on any atom is -0.382 e. The number of rotatable bonds is 9. The van der Waals surface area contributed by atoms with Crippen LogP contribution in [0.3, 0.4) is 0 Å². The zero-order valence-electron chi connectivity index (χ0n) is 14.3. The van der Waals surface area contributed by atoms with Crippen LogP contribution in [0.4, 0.5) is 0 Å². The minimum absolute atomic E-state index is 0. The summed E-state index contributed by atoms with van der Waals surface area (Å²) in [6.07, 6.45) is 2.10. The number of benzene rings is 1. The summed E-state index contributed by atoms with van der Waals surface area (Å²) in [7, 11) is 2.05. The van der Waals surface area contributed by atoms with Crippen molar-refractivity contribution in [3.8, 4) is 0 Å². The largest absolute Gasteiger partial charge is 0.382 e. The lowest BCUT2D eigenvalue weighted by Gasteiger charge is -2.22. The van der Waals surface area contributed by atoms with Gasteiger partial charge < -0.3 is 15.0 Å². The molecule has 1 N–H and O–H groups in total. The van der Waals surface area contributed by atoms with Crippen LogP contribution in [0.2, 0.25) is 5.02 Å². The highest BCUT2D eigenvalue weighted by Gasteiger charge is 2.06. The van der Waals surface area contributed by atoms with Gasteiger partial charge in [0.15, 0.2) is 5.96 Å². The Hall–Kier alpha value is -0.530. The van der Waals surface area contributed by atoms with E-state index in [0.717, 1.165) is 56.7 Å². The summed E-state index contributed by atoms with van der Waals surface area (Å²) >= 11 is 5.92. The van der Waals surface area contributed by atoms with Crippen molar-refractivity contribution in [1.82, 2.24) is 10.2 Å². The molecule has 0 aliphatic carbocycles. The number of guanidine groups is 1. The summed E-state index contributed by atoms with van der Waals surface area (Å²) in [6.45, 7) is 8.21. The van der Waals surface area contributed by atoms with E-state index in [4.69, 9.17) is 16.3 Å². The highest BCUT2D eigenvalue weighted by molar-refractivity contribution is 14.0. The Kier molecular flexibility index (Phi) is 13.5. The number of nitrogens with zero attached hydrogens (tertiary/aromatic N) is 2. The summed E-state index contributed by atoms with van der Waals surface area (Å²) < 4.78 is 5.34. The predicted octanol–water partition coefficient (Wildman–Crippen LogP) is 4.17. The molecule has 0 saturated heterocycles. The van der Waals surface area contributed by atoms with Gasteiger partial charge in [-0.2, -0.15) is 0 Å². The quantitative estimate of drug-likeness (QED) is 0.264. The van der Waals surface area contributed by atoms with Gasteiger partial charge in [0.05, 0.1) is 0 Å². The number of unbranched alkanes of at least 4 members (excludes halogenated alkanes) is 1. The predicted molar refractivity (Wildman–Crippen MR) is 110 cm³/mol. The van der Waals surface area contributed by atoms with Gasteiger partial charge in [0.1, 0.15) is 0 Å². The zero-order valence-corrected chi connectivity index (χ0v) is 17.4. The highest BCUT2D eigenvalue weighted by Crippen LogP contribution is 2.11. The molecule has 1 aromatic carbocycles. The van der Waals surface area contributed by atoms with E-state index in [1.165, 1.54) is 5.56 Å². The lowest BCUT2D eigenvalue weighted by Crippen LogP contribution is -2.38. The SMILES string of the molecule is CCNC(=NCCCCOCC)N(C)Cc1ccc(Cl)cc1.I. The average molecular weight is 454 g/mol. The second kappa shape index (κ2) is 13.9. The van der Waals surface area contributed by atoms with Gasteiger partial charge in [-0.3, -0.25) is 4.99 Å². The molecule has 0 spiro atoms. The van der Waals surface area contributed by atoms with Crippen molar-refractivity contribution < 1.29 is 4.74 Å². The fourth-order valence-electron chi connectivity index (χ4n) is 2.05. The Morgan fingerprint density at radius 3 is 2.52 bits per heavy atom. The Balaban J connectivity index is 0.00000484. The van der Waals surface area contributed by atoms with Crippen LogP contribution in [0, 0.1) is 0 Å². The van der Waals surface area contributed by atoms with Crippen LogP contribution in [0.1, 0.15) is 32.3 Å². The third-order valence-corrected chi connectivity index (χ3v) is 3.44. The van der Waals surface area contributed by atoms with Gasteiger partial charge in [0, 0.05) is 44.9 Å². The first-order chi connectivity index (χ1) is 10.7. The van der Waals surface area contributed by atoms with Crippen molar-refractivity contribution >= 4 is 41.5 Å². The van der Waals surface area contributed by atoms with E-state index in [1.807, 2.05) is 31.2 Å². The van der Waals surface area contributed by atoms with E-state index in [0.29, 0.717) is 0 Å². The summed E-state index contributed by atoms with van der Waals surface area (Å²) in [6, 6.07) is 7.93. The van der Waals surface area contributed by atoms with Crippen molar-refractivity contribution in [3.05, 3.63) is 34.9 Å². The number of hydrogen-bond donors (Lipinski definition) is 1. The highest BCUT2D eigenvalue weighted by atomic mass is 127. The van der Waals surface area contributed by atoms with Gasteiger partial charge in [0.25, 0.3) is 0 Å². The summed E-state index contributed by atoms with van der Waals surface area (Å²) in [5.74, 6) is 0.939. The molecule has 1 rings (SSSR count). The van der Waals surface area contributed by atoms with Crippen LogP contribution in [0.15, 0.2) is 29.3 Å². The van der Waals surface area contributed by atoms with Gasteiger partial charge in [-0.05, 0) is 44.4 Å². The van der Waals surface area contributed by atoms with E-state index >= 15 is 0 Å². The second-order valence-electron chi connectivity index (χ2n) is 5.12. The molecule has 0 unspecified atom stereocenters. The molecule has 0 aliphatic heterocycles. The van der Waals surface area contributed by atoms with E-state index in [9.17, 15) is 0 Å². The molecule has 1 aromatic rings. The van der Waals surface area contributed by atoms with Crippen LogP contribution in [-0.4, -0.2) is 44.2 Å². The minimum atomic E-state index is 0. The molecule has 0 fully saturated rings. The normalized spacial score (nSPS) is 11.0. The van der Waals surface area contributed by atoms with Gasteiger partial charge in [-0.1, -0.05) is 23.7 Å². The maximum Gasteiger partial charge on any atom is 0.193 e. The first-order valence-electron chi connectivity index (χ1n) is 7.99. The molecular weight excluding hydrogens is 425 g/mol. The van der Waals surface area contributed by atoms with E-state index in [-0.39, 0.29) is 24.0 Å². The first kappa shape index (κ1) is 22.5. The van der Waals surface area contributed by atoms with Crippen LogP contribution < -0.4 is 5.32 Å². The zero-order chi connectivity index (χ0) is 16.2. The van der Waals surface area contributed by atoms with Gasteiger partial charge in [-0.15, -0.1) is 24.0 Å². The number of aliphatic imine (C=N–C) groups is 1. The van der Waals surface area contributed by atoms with Crippen LogP contribution in [0.5, 0.6) is 0 Å². The van der Waals surface area contributed by atoms with Gasteiger partial charge in [0.2, 0.25) is 0 Å². The Morgan fingerprint density at radius 1 is 1.22 bits per heavy atom. The molecule has 0 atom stereocenters. The molecular formula is C17H29ClIN3O. The molecule has 6 heteroatoms. The molecule has 0 heterocycles. The van der Waals surface area contributed by atoms with Crippen molar-refractivity contribution in [2.45, 2.75) is 33.2 Å². The molecule has 4 nitrogen and oxygen atoms in total. The average Bonchev–Trinajstić information content (AvgIpc) is 2.51. The lowest BCUT2D eigenvalue weighted by molar-refractivity contribution is 0.144. The molecule has 0 amide bonds. The summed E-state index contributed by atoms with van der Waals surface area (Å²) in [5, 5.41) is 4.10. The number of halogens is 2. The van der Waals surface area contributed by atoms with Crippen LogP contribution >= 0.6 is 35.6 Å². The molecule has 0 aliphatic rings. The molecule has 0 saturated carbocycles. The molecule has 0 aromatic heterocycles. The summed E-state index contributed by atoms with van der Waals surface area (Å²) in [4.78, 5) is 6.81. The van der Waals surface area contributed by atoms with Crippen molar-refractivity contribution in [2.75, 3.05) is 33.4 Å².